The van der Waals surface area contributed by atoms with Gasteiger partial charge in [-0.05, 0) is 23.3 Å². The molecule has 1 atom stereocenters. The maximum absolute atomic E-state index is 12.6. The number of carbonyl (C=O) groups is 2. The van der Waals surface area contributed by atoms with Crippen molar-refractivity contribution in [3.05, 3.63) is 106 Å². The quantitative estimate of drug-likeness (QED) is 0.216. The second kappa shape index (κ2) is 8.97. The molecular weight excluding hydrogens is 376 g/mol. The van der Waals surface area contributed by atoms with E-state index < -0.39 is 5.92 Å². The van der Waals surface area contributed by atoms with Crippen molar-refractivity contribution in [2.75, 3.05) is 0 Å². The number of benzene rings is 3. The van der Waals surface area contributed by atoms with E-state index in [1.165, 1.54) is 0 Å². The van der Waals surface area contributed by atoms with E-state index in [1.807, 2.05) is 18.2 Å². The maximum atomic E-state index is 12.6. The summed E-state index contributed by atoms with van der Waals surface area (Å²) in [6.45, 7) is 0. The van der Waals surface area contributed by atoms with E-state index in [2.05, 4.69) is 10.5 Å². The van der Waals surface area contributed by atoms with Gasteiger partial charge in [-0.1, -0.05) is 83.5 Å². The Morgan fingerprint density at radius 3 is 1.96 bits per heavy atom. The zero-order valence-electron chi connectivity index (χ0n) is 14.7. The largest absolute Gasteiger partial charge is 0.410 e. The Labute approximate surface area is 167 Å². The third-order valence-corrected chi connectivity index (χ3v) is 4.52. The van der Waals surface area contributed by atoms with Gasteiger partial charge in [0.2, 0.25) is 5.91 Å². The number of rotatable bonds is 6. The van der Waals surface area contributed by atoms with Crippen LogP contribution in [0.1, 0.15) is 33.0 Å². The molecule has 0 heterocycles. The van der Waals surface area contributed by atoms with E-state index >= 15 is 0 Å². The van der Waals surface area contributed by atoms with E-state index in [9.17, 15) is 9.59 Å². The zero-order chi connectivity index (χ0) is 19.9. The topological polar surface area (TPSA) is 78.8 Å². The number of halogens is 1. The van der Waals surface area contributed by atoms with Crippen molar-refractivity contribution in [2.24, 2.45) is 5.16 Å². The van der Waals surface area contributed by atoms with Crippen LogP contribution in [-0.2, 0) is 4.79 Å². The summed E-state index contributed by atoms with van der Waals surface area (Å²) in [5, 5.41) is 14.4. The van der Waals surface area contributed by atoms with Gasteiger partial charge in [0.15, 0.2) is 5.78 Å². The molecule has 0 unspecified atom stereocenters. The molecule has 0 saturated carbocycles. The molecule has 0 fully saturated rings. The van der Waals surface area contributed by atoms with Crippen molar-refractivity contribution < 1.29 is 14.8 Å². The Balaban J connectivity index is 1.93. The number of amides is 1. The standard InChI is InChI=1S/C22H17ClN2O3/c23-19-12-10-16(11-13-19)20(22(27)24-14-25-28)15-6-8-18(9-7-15)21(26)17-4-2-1-3-5-17/h1-14,20,28H,(H,24,25,27)/t20-/m1/s1. The normalized spacial score (nSPS) is 11.9. The number of nitrogens with zero attached hydrogens (tertiary/aromatic N) is 1. The van der Waals surface area contributed by atoms with Crippen molar-refractivity contribution in [2.45, 2.75) is 5.92 Å². The number of hydrogen-bond acceptors (Lipinski definition) is 4. The van der Waals surface area contributed by atoms with Crippen molar-refractivity contribution >= 4 is 29.6 Å². The Morgan fingerprint density at radius 2 is 1.39 bits per heavy atom. The van der Waals surface area contributed by atoms with Crippen LogP contribution in [0.15, 0.2) is 84.0 Å². The molecule has 5 nitrogen and oxygen atoms in total. The molecule has 0 aliphatic rings. The minimum absolute atomic E-state index is 0.0907. The lowest BCUT2D eigenvalue weighted by Gasteiger charge is -2.17. The molecule has 28 heavy (non-hydrogen) atoms. The van der Waals surface area contributed by atoms with Gasteiger partial charge in [0.25, 0.3) is 0 Å². The van der Waals surface area contributed by atoms with Crippen LogP contribution >= 0.6 is 11.6 Å². The fraction of sp³-hybridized carbons (Fsp3) is 0.0455. The van der Waals surface area contributed by atoms with Crippen LogP contribution in [0.2, 0.25) is 5.02 Å². The first-order valence-electron chi connectivity index (χ1n) is 8.51. The number of nitrogens with one attached hydrogen (secondary N) is 1. The molecule has 0 saturated heterocycles. The molecule has 1 amide bonds. The molecule has 0 aliphatic carbocycles. The first-order chi connectivity index (χ1) is 13.6. The average molecular weight is 393 g/mol. The highest BCUT2D eigenvalue weighted by Gasteiger charge is 2.23. The molecule has 3 aromatic carbocycles. The number of hydrogen-bond donors (Lipinski definition) is 2. The van der Waals surface area contributed by atoms with Crippen LogP contribution in [0.5, 0.6) is 0 Å². The Hall–Kier alpha value is -3.44. The Kier molecular flexibility index (Phi) is 6.19. The minimum atomic E-state index is -0.656. The fourth-order valence-electron chi connectivity index (χ4n) is 2.91. The van der Waals surface area contributed by atoms with E-state index in [-0.39, 0.29) is 11.7 Å². The highest BCUT2D eigenvalue weighted by atomic mass is 35.5. The smallest absolute Gasteiger partial charge is 0.237 e. The molecular formula is C22H17ClN2O3. The number of carbonyl (C=O) groups excluding carboxylic acids is 2. The van der Waals surface area contributed by atoms with Gasteiger partial charge in [0.05, 0.1) is 5.92 Å². The summed E-state index contributed by atoms with van der Waals surface area (Å²) in [5.74, 6) is -1.12. The third kappa shape index (κ3) is 4.45. The molecule has 0 bridgehead atoms. The molecule has 0 spiro atoms. The minimum Gasteiger partial charge on any atom is -0.410 e. The summed E-state index contributed by atoms with van der Waals surface area (Å²) in [5.41, 5.74) is 2.54. The van der Waals surface area contributed by atoms with Crippen molar-refractivity contribution in [1.82, 2.24) is 5.32 Å². The lowest BCUT2D eigenvalue weighted by atomic mass is 9.89. The summed E-state index contributed by atoms with van der Waals surface area (Å²) in [6.07, 6.45) is 0.915. The molecule has 3 aromatic rings. The molecule has 140 valence electrons. The number of oxime groups is 1. The zero-order valence-corrected chi connectivity index (χ0v) is 15.5. The number of ketones is 1. The van der Waals surface area contributed by atoms with Gasteiger partial charge in [0, 0.05) is 16.1 Å². The Morgan fingerprint density at radius 1 is 0.857 bits per heavy atom. The predicted octanol–water partition coefficient (Wildman–Crippen LogP) is 4.24. The van der Waals surface area contributed by atoms with E-state index in [1.54, 1.807) is 60.7 Å². The first kappa shape index (κ1) is 19.3. The second-order valence-corrected chi connectivity index (χ2v) is 6.49. The summed E-state index contributed by atoms with van der Waals surface area (Å²) >= 11 is 5.95. The first-order valence-corrected chi connectivity index (χ1v) is 8.89. The lowest BCUT2D eigenvalue weighted by Crippen LogP contribution is -2.29. The van der Waals surface area contributed by atoms with Crippen LogP contribution in [0.4, 0.5) is 0 Å². The SMILES string of the molecule is O=C(c1ccccc1)c1ccc([C@@H](C(=O)N/C=N\O)c2ccc(Cl)cc2)cc1. The summed E-state index contributed by atoms with van der Waals surface area (Å²) < 4.78 is 0. The van der Waals surface area contributed by atoms with Crippen molar-refractivity contribution in [3.8, 4) is 0 Å². The van der Waals surface area contributed by atoms with Gasteiger partial charge in [-0.3, -0.25) is 9.59 Å². The highest BCUT2D eigenvalue weighted by molar-refractivity contribution is 6.30. The summed E-state index contributed by atoms with van der Waals surface area (Å²) in [6, 6.07) is 22.8. The molecule has 0 radical (unpaired) electrons. The fourth-order valence-corrected chi connectivity index (χ4v) is 3.04. The predicted molar refractivity (Wildman–Crippen MR) is 108 cm³/mol. The van der Waals surface area contributed by atoms with Crippen molar-refractivity contribution in [1.29, 1.82) is 0 Å². The van der Waals surface area contributed by atoms with Crippen LogP contribution in [0.25, 0.3) is 0 Å². The van der Waals surface area contributed by atoms with Gasteiger partial charge in [-0.2, -0.15) is 0 Å². The van der Waals surface area contributed by atoms with Crippen molar-refractivity contribution in [3.63, 3.8) is 0 Å². The van der Waals surface area contributed by atoms with Gasteiger partial charge >= 0.3 is 0 Å². The second-order valence-electron chi connectivity index (χ2n) is 6.05. The van der Waals surface area contributed by atoms with Crippen LogP contribution < -0.4 is 5.32 Å². The monoisotopic (exact) mass is 392 g/mol. The summed E-state index contributed by atoms with van der Waals surface area (Å²) in [7, 11) is 0. The van der Waals surface area contributed by atoms with E-state index in [0.29, 0.717) is 21.7 Å². The highest BCUT2D eigenvalue weighted by Crippen LogP contribution is 2.27. The maximum Gasteiger partial charge on any atom is 0.237 e. The molecule has 6 heteroatoms. The van der Waals surface area contributed by atoms with E-state index in [0.717, 1.165) is 11.9 Å². The molecule has 3 rings (SSSR count). The van der Waals surface area contributed by atoms with Gasteiger partial charge in [-0.25, -0.2) is 0 Å². The molecule has 0 aromatic heterocycles. The lowest BCUT2D eigenvalue weighted by molar-refractivity contribution is -0.120. The van der Waals surface area contributed by atoms with Gasteiger partial charge in [0.1, 0.15) is 6.34 Å². The molecule has 2 N–H and O–H groups in total. The van der Waals surface area contributed by atoms with Gasteiger partial charge in [-0.15, -0.1) is 0 Å². The van der Waals surface area contributed by atoms with Gasteiger partial charge < -0.3 is 10.5 Å². The van der Waals surface area contributed by atoms with Crippen LogP contribution in [0.3, 0.4) is 0 Å². The average Bonchev–Trinajstić information content (AvgIpc) is 2.74. The Bertz CT molecular complexity index is 985. The third-order valence-electron chi connectivity index (χ3n) is 4.27. The molecule has 0 aliphatic heterocycles. The van der Waals surface area contributed by atoms with E-state index in [4.69, 9.17) is 16.8 Å². The summed E-state index contributed by atoms with van der Waals surface area (Å²) in [4.78, 5) is 25.2. The van der Waals surface area contributed by atoms with Crippen LogP contribution in [-0.4, -0.2) is 23.2 Å². The van der Waals surface area contributed by atoms with Crippen LogP contribution in [0, 0.1) is 0 Å².